The predicted molar refractivity (Wildman–Crippen MR) is 122 cm³/mol. The lowest BCUT2D eigenvalue weighted by Crippen LogP contribution is -2.14. The third-order valence-corrected chi connectivity index (χ3v) is 6.00. The van der Waals surface area contributed by atoms with Crippen LogP contribution in [0.2, 0.25) is 5.02 Å². The molecule has 0 aliphatic carbocycles. The zero-order chi connectivity index (χ0) is 21.7. The minimum atomic E-state index is -3.74. The van der Waals surface area contributed by atoms with Gasteiger partial charge in [-0.2, -0.15) is 0 Å². The summed E-state index contributed by atoms with van der Waals surface area (Å²) < 4.78 is 27.9. The van der Waals surface area contributed by atoms with Gasteiger partial charge in [-0.05, 0) is 79.1 Å². The normalized spacial score (nSPS) is 11.4. The molecule has 0 aromatic heterocycles. The summed E-state index contributed by atoms with van der Waals surface area (Å²) in [5, 5.41) is 3.33. The lowest BCUT2D eigenvalue weighted by atomic mass is 10.1. The summed E-state index contributed by atoms with van der Waals surface area (Å²) in [5.74, 6) is -0.325. The van der Waals surface area contributed by atoms with E-state index in [4.69, 9.17) is 11.6 Å². The Balaban J connectivity index is 1.67. The first-order chi connectivity index (χ1) is 14.2. The molecule has 0 bridgehead atoms. The quantitative estimate of drug-likeness (QED) is 0.503. The maximum Gasteiger partial charge on any atom is 0.261 e. The van der Waals surface area contributed by atoms with Crippen molar-refractivity contribution in [3.63, 3.8) is 0 Å². The second-order valence-electron chi connectivity index (χ2n) is 6.82. The number of carbonyl (C=O) groups excluding carboxylic acids is 1. The molecule has 0 radical (unpaired) electrons. The standard InChI is InChI=1S/C23H21ClN2O3S/c1-16-3-4-17(2)22(15-16)26-30(28,29)21-12-10-20(11-13-21)25-23(27)14-7-18-5-8-19(24)9-6-18/h3-15,26H,1-2H3,(H,25,27)/b14-7+. The molecule has 0 saturated carbocycles. The molecule has 0 saturated heterocycles. The van der Waals surface area contributed by atoms with Gasteiger partial charge in [-0.1, -0.05) is 35.9 Å². The van der Waals surface area contributed by atoms with Gasteiger partial charge in [0.25, 0.3) is 10.0 Å². The lowest BCUT2D eigenvalue weighted by Gasteiger charge is -2.12. The van der Waals surface area contributed by atoms with Gasteiger partial charge in [0.15, 0.2) is 0 Å². The molecule has 154 valence electrons. The van der Waals surface area contributed by atoms with Crippen molar-refractivity contribution in [3.05, 3.63) is 94.5 Å². The van der Waals surface area contributed by atoms with Gasteiger partial charge < -0.3 is 5.32 Å². The first kappa shape index (κ1) is 21.6. The van der Waals surface area contributed by atoms with Crippen molar-refractivity contribution < 1.29 is 13.2 Å². The summed E-state index contributed by atoms with van der Waals surface area (Å²) in [7, 11) is -3.74. The van der Waals surface area contributed by atoms with E-state index < -0.39 is 10.0 Å². The van der Waals surface area contributed by atoms with Crippen molar-refractivity contribution in [2.75, 3.05) is 10.0 Å². The number of amides is 1. The molecule has 0 aliphatic heterocycles. The summed E-state index contributed by atoms with van der Waals surface area (Å²) >= 11 is 5.84. The van der Waals surface area contributed by atoms with Crippen LogP contribution >= 0.6 is 11.6 Å². The molecule has 0 fully saturated rings. The van der Waals surface area contributed by atoms with Crippen molar-refractivity contribution in [3.8, 4) is 0 Å². The molecule has 3 rings (SSSR count). The Morgan fingerprint density at radius 2 is 1.60 bits per heavy atom. The highest BCUT2D eigenvalue weighted by Crippen LogP contribution is 2.22. The zero-order valence-electron chi connectivity index (χ0n) is 16.5. The largest absolute Gasteiger partial charge is 0.323 e. The Labute approximate surface area is 181 Å². The van der Waals surface area contributed by atoms with E-state index in [2.05, 4.69) is 10.0 Å². The number of halogens is 1. The number of sulfonamides is 1. The maximum atomic E-state index is 12.7. The number of aryl methyl sites for hydroxylation is 2. The summed E-state index contributed by atoms with van der Waals surface area (Å²) in [4.78, 5) is 12.2. The first-order valence-corrected chi connectivity index (χ1v) is 11.0. The van der Waals surface area contributed by atoms with Gasteiger partial charge in [0.1, 0.15) is 0 Å². The number of hydrogen-bond donors (Lipinski definition) is 2. The van der Waals surface area contributed by atoms with Crippen molar-refractivity contribution in [2.24, 2.45) is 0 Å². The number of benzene rings is 3. The fraction of sp³-hybridized carbons (Fsp3) is 0.0870. The monoisotopic (exact) mass is 440 g/mol. The van der Waals surface area contributed by atoms with Gasteiger partial charge in [-0.15, -0.1) is 0 Å². The van der Waals surface area contributed by atoms with Gasteiger partial charge in [-0.3, -0.25) is 9.52 Å². The molecule has 0 atom stereocenters. The average molecular weight is 441 g/mol. The third-order valence-electron chi connectivity index (χ3n) is 4.37. The van der Waals surface area contributed by atoms with Crippen LogP contribution < -0.4 is 10.0 Å². The van der Waals surface area contributed by atoms with Crippen LogP contribution in [0.25, 0.3) is 6.08 Å². The number of anilines is 2. The van der Waals surface area contributed by atoms with Crippen LogP contribution in [-0.2, 0) is 14.8 Å². The van der Waals surface area contributed by atoms with Crippen molar-refractivity contribution in [1.29, 1.82) is 0 Å². The molecule has 2 N–H and O–H groups in total. The Morgan fingerprint density at radius 1 is 0.933 bits per heavy atom. The van der Waals surface area contributed by atoms with Crippen LogP contribution in [-0.4, -0.2) is 14.3 Å². The second kappa shape index (κ2) is 9.15. The lowest BCUT2D eigenvalue weighted by molar-refractivity contribution is -0.111. The Kier molecular flexibility index (Phi) is 6.59. The first-order valence-electron chi connectivity index (χ1n) is 9.18. The molecule has 7 heteroatoms. The number of carbonyl (C=O) groups is 1. The van der Waals surface area contributed by atoms with E-state index in [-0.39, 0.29) is 10.8 Å². The molecule has 0 heterocycles. The van der Waals surface area contributed by atoms with Crippen LogP contribution in [0.1, 0.15) is 16.7 Å². The number of hydrogen-bond acceptors (Lipinski definition) is 3. The number of nitrogens with one attached hydrogen (secondary N) is 2. The second-order valence-corrected chi connectivity index (χ2v) is 8.94. The fourth-order valence-corrected chi connectivity index (χ4v) is 3.94. The van der Waals surface area contributed by atoms with Gasteiger partial charge >= 0.3 is 0 Å². The summed E-state index contributed by atoms with van der Waals surface area (Å²) in [5.41, 5.74) is 3.67. The van der Waals surface area contributed by atoms with Gasteiger partial charge in [0, 0.05) is 16.8 Å². The Bertz CT molecular complexity index is 1190. The highest BCUT2D eigenvalue weighted by molar-refractivity contribution is 7.92. The van der Waals surface area contributed by atoms with Crippen LogP contribution in [0.15, 0.2) is 77.7 Å². The highest BCUT2D eigenvalue weighted by atomic mass is 35.5. The molecular formula is C23H21ClN2O3S. The van der Waals surface area contributed by atoms with Crippen LogP contribution in [0.4, 0.5) is 11.4 Å². The summed E-state index contributed by atoms with van der Waals surface area (Å²) in [6.07, 6.45) is 3.06. The van der Waals surface area contributed by atoms with Crippen molar-refractivity contribution in [2.45, 2.75) is 18.7 Å². The fourth-order valence-electron chi connectivity index (χ4n) is 2.70. The molecule has 3 aromatic carbocycles. The van der Waals surface area contributed by atoms with Crippen LogP contribution in [0, 0.1) is 13.8 Å². The smallest absolute Gasteiger partial charge is 0.261 e. The van der Waals surface area contributed by atoms with Crippen molar-refractivity contribution >= 4 is 45.0 Å². The van der Waals surface area contributed by atoms with E-state index in [1.165, 1.54) is 18.2 Å². The average Bonchev–Trinajstić information content (AvgIpc) is 2.70. The topological polar surface area (TPSA) is 75.3 Å². The van der Waals surface area contributed by atoms with E-state index in [1.54, 1.807) is 48.5 Å². The molecular weight excluding hydrogens is 420 g/mol. The minimum Gasteiger partial charge on any atom is -0.323 e. The Hall–Kier alpha value is -3.09. The van der Waals surface area contributed by atoms with Crippen molar-refractivity contribution in [1.82, 2.24) is 0 Å². The van der Waals surface area contributed by atoms with Gasteiger partial charge in [0.05, 0.1) is 10.6 Å². The molecule has 0 unspecified atom stereocenters. The van der Waals surface area contributed by atoms with Crippen LogP contribution in [0.5, 0.6) is 0 Å². The predicted octanol–water partition coefficient (Wildman–Crippen LogP) is 5.41. The van der Waals surface area contributed by atoms with E-state index in [0.717, 1.165) is 16.7 Å². The van der Waals surface area contributed by atoms with E-state index in [1.807, 2.05) is 26.0 Å². The molecule has 0 spiro atoms. The molecule has 1 amide bonds. The molecule has 30 heavy (non-hydrogen) atoms. The molecule has 5 nitrogen and oxygen atoms in total. The van der Waals surface area contributed by atoms with Gasteiger partial charge in [-0.25, -0.2) is 8.42 Å². The van der Waals surface area contributed by atoms with E-state index in [9.17, 15) is 13.2 Å². The minimum absolute atomic E-state index is 0.109. The number of rotatable bonds is 6. The van der Waals surface area contributed by atoms with Gasteiger partial charge in [0.2, 0.25) is 5.91 Å². The van der Waals surface area contributed by atoms with E-state index in [0.29, 0.717) is 16.4 Å². The van der Waals surface area contributed by atoms with E-state index >= 15 is 0 Å². The maximum absolute atomic E-state index is 12.7. The highest BCUT2D eigenvalue weighted by Gasteiger charge is 2.15. The Morgan fingerprint density at radius 3 is 2.27 bits per heavy atom. The summed E-state index contributed by atoms with van der Waals surface area (Å²) in [6.45, 7) is 3.74. The molecule has 0 aliphatic rings. The summed E-state index contributed by atoms with van der Waals surface area (Å²) in [6, 6.07) is 18.7. The molecule has 3 aromatic rings. The third kappa shape index (κ3) is 5.72. The zero-order valence-corrected chi connectivity index (χ0v) is 18.1. The van der Waals surface area contributed by atoms with Crippen LogP contribution in [0.3, 0.4) is 0 Å². The SMILES string of the molecule is Cc1ccc(C)c(NS(=O)(=O)c2ccc(NC(=O)/C=C/c3ccc(Cl)cc3)cc2)c1.